The van der Waals surface area contributed by atoms with E-state index < -0.39 is 11.6 Å². The third-order valence-corrected chi connectivity index (χ3v) is 3.00. The van der Waals surface area contributed by atoms with Gasteiger partial charge in [0.05, 0.1) is 6.42 Å². The molecule has 0 fully saturated rings. The summed E-state index contributed by atoms with van der Waals surface area (Å²) in [6, 6.07) is -0.328. The van der Waals surface area contributed by atoms with E-state index in [0.717, 1.165) is 6.42 Å². The Bertz CT molecular complexity index is 261. The molecule has 0 radical (unpaired) electrons. The molecule has 0 heterocycles. The van der Waals surface area contributed by atoms with Crippen molar-refractivity contribution in [3.05, 3.63) is 0 Å². The summed E-state index contributed by atoms with van der Waals surface area (Å²) < 4.78 is 5.17. The van der Waals surface area contributed by atoms with Crippen molar-refractivity contribution in [2.75, 3.05) is 7.11 Å². The zero-order valence-corrected chi connectivity index (χ0v) is 11.1. The van der Waals surface area contributed by atoms with E-state index in [1.807, 2.05) is 13.8 Å². The van der Waals surface area contributed by atoms with Gasteiger partial charge in [-0.1, -0.05) is 20.3 Å². The standard InChI is InChI=1S/C12H23NO4/c1-5-7-9(8-10(14)15)13-11(16)12(3,6-2)17-4/h9H,5-8H2,1-4H3,(H,13,16)(H,14,15). The molecule has 0 aromatic carbocycles. The van der Waals surface area contributed by atoms with Crippen LogP contribution < -0.4 is 5.32 Å². The van der Waals surface area contributed by atoms with Gasteiger partial charge in [0.15, 0.2) is 0 Å². The highest BCUT2D eigenvalue weighted by Crippen LogP contribution is 2.15. The van der Waals surface area contributed by atoms with Gasteiger partial charge in [-0.3, -0.25) is 9.59 Å². The topological polar surface area (TPSA) is 75.6 Å². The zero-order chi connectivity index (χ0) is 13.5. The fourth-order valence-corrected chi connectivity index (χ4v) is 1.52. The van der Waals surface area contributed by atoms with Gasteiger partial charge < -0.3 is 15.2 Å². The number of carboxylic acid groups (broad SMARTS) is 1. The number of amides is 1. The molecule has 100 valence electrons. The van der Waals surface area contributed by atoms with Crippen LogP contribution in [0, 0.1) is 0 Å². The first-order chi connectivity index (χ1) is 7.89. The largest absolute Gasteiger partial charge is 0.481 e. The summed E-state index contributed by atoms with van der Waals surface area (Å²) >= 11 is 0. The average Bonchev–Trinajstić information content (AvgIpc) is 2.27. The van der Waals surface area contributed by atoms with E-state index in [9.17, 15) is 9.59 Å². The number of carbonyl (C=O) groups excluding carboxylic acids is 1. The summed E-state index contributed by atoms with van der Waals surface area (Å²) in [6.07, 6.45) is 1.97. The molecule has 0 rings (SSSR count). The van der Waals surface area contributed by atoms with Crippen molar-refractivity contribution in [3.63, 3.8) is 0 Å². The molecule has 0 aliphatic carbocycles. The van der Waals surface area contributed by atoms with Crippen LogP contribution in [0.2, 0.25) is 0 Å². The highest BCUT2D eigenvalue weighted by molar-refractivity contribution is 5.85. The van der Waals surface area contributed by atoms with Crippen molar-refractivity contribution in [2.24, 2.45) is 0 Å². The summed E-state index contributed by atoms with van der Waals surface area (Å²) in [7, 11) is 1.48. The van der Waals surface area contributed by atoms with Crippen LogP contribution in [0.15, 0.2) is 0 Å². The quantitative estimate of drug-likeness (QED) is 0.680. The average molecular weight is 245 g/mol. The second kappa shape index (κ2) is 7.27. The molecule has 0 aliphatic heterocycles. The van der Waals surface area contributed by atoms with Gasteiger partial charge in [0.2, 0.25) is 0 Å². The summed E-state index contributed by atoms with van der Waals surface area (Å²) in [5.74, 6) is -1.15. The fourth-order valence-electron chi connectivity index (χ4n) is 1.52. The minimum absolute atomic E-state index is 0.0525. The number of rotatable bonds is 8. The molecule has 2 unspecified atom stereocenters. The monoisotopic (exact) mass is 245 g/mol. The molecule has 5 nitrogen and oxygen atoms in total. The highest BCUT2D eigenvalue weighted by Gasteiger charge is 2.32. The van der Waals surface area contributed by atoms with E-state index in [4.69, 9.17) is 9.84 Å². The molecule has 0 aromatic heterocycles. The van der Waals surface area contributed by atoms with Crippen LogP contribution in [0.3, 0.4) is 0 Å². The lowest BCUT2D eigenvalue weighted by molar-refractivity contribution is -0.143. The Kier molecular flexibility index (Phi) is 6.80. The molecule has 0 saturated carbocycles. The van der Waals surface area contributed by atoms with Gasteiger partial charge in [-0.05, 0) is 19.8 Å². The van der Waals surface area contributed by atoms with E-state index in [1.165, 1.54) is 7.11 Å². The van der Waals surface area contributed by atoms with Gasteiger partial charge in [-0.25, -0.2) is 0 Å². The molecule has 0 aromatic rings. The second-order valence-corrected chi connectivity index (χ2v) is 4.35. The Labute approximate surface area is 103 Å². The number of aliphatic carboxylic acids is 1. The summed E-state index contributed by atoms with van der Waals surface area (Å²) in [5.41, 5.74) is -0.884. The lowest BCUT2D eigenvalue weighted by Crippen LogP contribution is -2.49. The molecule has 0 bridgehead atoms. The Morgan fingerprint density at radius 1 is 1.41 bits per heavy atom. The summed E-state index contributed by atoms with van der Waals surface area (Å²) in [6.45, 7) is 5.51. The molecule has 0 spiro atoms. The molecule has 0 aliphatic rings. The third kappa shape index (κ3) is 5.17. The van der Waals surface area contributed by atoms with Gasteiger partial charge in [0.25, 0.3) is 5.91 Å². The molecular weight excluding hydrogens is 222 g/mol. The molecule has 5 heteroatoms. The number of carbonyl (C=O) groups is 2. The predicted octanol–water partition coefficient (Wildman–Crippen LogP) is 1.56. The molecule has 1 amide bonds. The first-order valence-electron chi connectivity index (χ1n) is 5.97. The highest BCUT2D eigenvalue weighted by atomic mass is 16.5. The van der Waals surface area contributed by atoms with E-state index >= 15 is 0 Å². The van der Waals surface area contributed by atoms with Crippen LogP contribution in [0.1, 0.15) is 46.5 Å². The van der Waals surface area contributed by atoms with Crippen molar-refractivity contribution < 1.29 is 19.4 Å². The minimum atomic E-state index is -0.903. The molecule has 0 saturated heterocycles. The van der Waals surface area contributed by atoms with Crippen LogP contribution in [0.5, 0.6) is 0 Å². The number of methoxy groups -OCH3 is 1. The lowest BCUT2D eigenvalue weighted by Gasteiger charge is -2.28. The number of hydrogen-bond donors (Lipinski definition) is 2. The Morgan fingerprint density at radius 2 is 2.00 bits per heavy atom. The van der Waals surface area contributed by atoms with Crippen LogP contribution in [-0.4, -0.2) is 35.7 Å². The van der Waals surface area contributed by atoms with E-state index in [-0.39, 0.29) is 18.4 Å². The predicted molar refractivity (Wildman–Crippen MR) is 64.8 cm³/mol. The van der Waals surface area contributed by atoms with Gasteiger partial charge in [0, 0.05) is 13.2 Å². The van der Waals surface area contributed by atoms with Crippen LogP contribution >= 0.6 is 0 Å². The van der Waals surface area contributed by atoms with Crippen molar-refractivity contribution in [3.8, 4) is 0 Å². The second-order valence-electron chi connectivity index (χ2n) is 4.35. The van der Waals surface area contributed by atoms with Crippen LogP contribution in [0.4, 0.5) is 0 Å². The number of carboxylic acids is 1. The van der Waals surface area contributed by atoms with E-state index in [0.29, 0.717) is 12.8 Å². The molecule has 2 atom stereocenters. The Hall–Kier alpha value is -1.10. The smallest absolute Gasteiger partial charge is 0.305 e. The van der Waals surface area contributed by atoms with Gasteiger partial charge in [0.1, 0.15) is 5.60 Å². The Balaban J connectivity index is 4.53. The van der Waals surface area contributed by atoms with Gasteiger partial charge >= 0.3 is 5.97 Å². The van der Waals surface area contributed by atoms with Crippen molar-refractivity contribution in [2.45, 2.75) is 58.1 Å². The summed E-state index contributed by atoms with van der Waals surface area (Å²) in [4.78, 5) is 22.6. The van der Waals surface area contributed by atoms with Crippen molar-refractivity contribution in [1.82, 2.24) is 5.32 Å². The first kappa shape index (κ1) is 15.9. The van der Waals surface area contributed by atoms with E-state index in [2.05, 4.69) is 5.32 Å². The molecule has 2 N–H and O–H groups in total. The molecule has 17 heavy (non-hydrogen) atoms. The number of ether oxygens (including phenoxy) is 1. The lowest BCUT2D eigenvalue weighted by atomic mass is 10.0. The Morgan fingerprint density at radius 3 is 2.35 bits per heavy atom. The normalized spacial score (nSPS) is 16.0. The number of hydrogen-bond acceptors (Lipinski definition) is 3. The zero-order valence-electron chi connectivity index (χ0n) is 11.1. The fraction of sp³-hybridized carbons (Fsp3) is 0.833. The van der Waals surface area contributed by atoms with E-state index in [1.54, 1.807) is 6.92 Å². The third-order valence-electron chi connectivity index (χ3n) is 3.00. The maximum atomic E-state index is 12.0. The van der Waals surface area contributed by atoms with Crippen LogP contribution in [0.25, 0.3) is 0 Å². The van der Waals surface area contributed by atoms with Gasteiger partial charge in [-0.2, -0.15) is 0 Å². The first-order valence-corrected chi connectivity index (χ1v) is 5.97. The minimum Gasteiger partial charge on any atom is -0.481 e. The van der Waals surface area contributed by atoms with Crippen molar-refractivity contribution in [1.29, 1.82) is 0 Å². The van der Waals surface area contributed by atoms with Gasteiger partial charge in [-0.15, -0.1) is 0 Å². The van der Waals surface area contributed by atoms with Crippen LogP contribution in [-0.2, 0) is 14.3 Å². The maximum Gasteiger partial charge on any atom is 0.305 e. The maximum absolute atomic E-state index is 12.0. The van der Waals surface area contributed by atoms with Crippen molar-refractivity contribution >= 4 is 11.9 Å². The SMILES string of the molecule is CCCC(CC(=O)O)NC(=O)C(C)(CC)OC. The number of nitrogens with one attached hydrogen (secondary N) is 1. The summed E-state index contributed by atoms with van der Waals surface area (Å²) in [5, 5.41) is 11.5. The molecular formula is C12H23NO4.